The molecule has 0 aliphatic heterocycles. The molecule has 6 heteroatoms. The lowest BCUT2D eigenvalue weighted by molar-refractivity contribution is 0.386. The quantitative estimate of drug-likeness (QED) is 0.854. The van der Waals surface area contributed by atoms with E-state index in [4.69, 9.17) is 10.5 Å². The molecular formula is C12H18FNO3S. The van der Waals surface area contributed by atoms with Gasteiger partial charge in [-0.2, -0.15) is 0 Å². The lowest BCUT2D eigenvalue weighted by atomic mass is 10.2. The van der Waals surface area contributed by atoms with E-state index in [1.807, 2.05) is 0 Å². The number of nitrogens with two attached hydrogens (primary N) is 1. The number of halogens is 1. The van der Waals surface area contributed by atoms with Gasteiger partial charge in [-0.15, -0.1) is 0 Å². The third-order valence-electron chi connectivity index (χ3n) is 2.49. The molecule has 0 spiro atoms. The molecule has 1 rings (SSSR count). The Morgan fingerprint density at radius 3 is 2.61 bits per heavy atom. The number of benzene rings is 1. The standard InChI is InChI=1S/C12H18FNO3S/c1-9(14)5-6-18(15,16)8-10-3-4-12(17-2)11(13)7-10/h3-4,7,9H,5-6,8,14H2,1-2H3. The third-order valence-corrected chi connectivity index (χ3v) is 4.12. The Kier molecular flexibility index (Phi) is 5.10. The van der Waals surface area contributed by atoms with Crippen LogP contribution in [-0.2, 0) is 15.6 Å². The van der Waals surface area contributed by atoms with E-state index in [9.17, 15) is 12.8 Å². The first-order valence-corrected chi connectivity index (χ1v) is 7.44. The van der Waals surface area contributed by atoms with Crippen LogP contribution in [0.3, 0.4) is 0 Å². The van der Waals surface area contributed by atoms with Crippen molar-refractivity contribution in [3.05, 3.63) is 29.6 Å². The fourth-order valence-electron chi connectivity index (χ4n) is 1.49. The van der Waals surface area contributed by atoms with E-state index in [-0.39, 0.29) is 23.3 Å². The number of methoxy groups -OCH3 is 1. The van der Waals surface area contributed by atoms with Crippen LogP contribution in [0.5, 0.6) is 5.75 Å². The van der Waals surface area contributed by atoms with Crippen molar-refractivity contribution in [1.29, 1.82) is 0 Å². The van der Waals surface area contributed by atoms with Crippen molar-refractivity contribution in [2.45, 2.75) is 25.1 Å². The summed E-state index contributed by atoms with van der Waals surface area (Å²) in [5.41, 5.74) is 5.93. The summed E-state index contributed by atoms with van der Waals surface area (Å²) >= 11 is 0. The zero-order chi connectivity index (χ0) is 13.8. The Bertz CT molecular complexity index is 500. The van der Waals surface area contributed by atoms with Crippen molar-refractivity contribution in [2.24, 2.45) is 5.73 Å². The summed E-state index contributed by atoms with van der Waals surface area (Å²) in [5.74, 6) is -0.622. The van der Waals surface area contributed by atoms with E-state index in [0.717, 1.165) is 0 Å². The minimum absolute atomic E-state index is 0.0122. The SMILES string of the molecule is COc1ccc(CS(=O)(=O)CCC(C)N)cc1F. The van der Waals surface area contributed by atoms with Gasteiger partial charge in [0.1, 0.15) is 0 Å². The summed E-state index contributed by atoms with van der Waals surface area (Å²) < 4.78 is 41.7. The van der Waals surface area contributed by atoms with Crippen molar-refractivity contribution in [2.75, 3.05) is 12.9 Å². The summed E-state index contributed by atoms with van der Waals surface area (Å²) in [4.78, 5) is 0. The summed E-state index contributed by atoms with van der Waals surface area (Å²) in [7, 11) is -1.89. The second kappa shape index (κ2) is 6.15. The smallest absolute Gasteiger partial charge is 0.165 e. The fraction of sp³-hybridized carbons (Fsp3) is 0.500. The predicted octanol–water partition coefficient (Wildman–Crippen LogP) is 1.49. The highest BCUT2D eigenvalue weighted by Crippen LogP contribution is 2.19. The molecule has 2 N–H and O–H groups in total. The van der Waals surface area contributed by atoms with Gasteiger partial charge in [0.25, 0.3) is 0 Å². The van der Waals surface area contributed by atoms with E-state index in [0.29, 0.717) is 12.0 Å². The van der Waals surface area contributed by atoms with E-state index in [1.54, 1.807) is 13.0 Å². The lowest BCUT2D eigenvalue weighted by Crippen LogP contribution is -2.20. The number of hydrogen-bond acceptors (Lipinski definition) is 4. The second-order valence-electron chi connectivity index (χ2n) is 4.33. The highest BCUT2D eigenvalue weighted by atomic mass is 32.2. The zero-order valence-corrected chi connectivity index (χ0v) is 11.3. The van der Waals surface area contributed by atoms with E-state index < -0.39 is 15.7 Å². The molecule has 0 heterocycles. The minimum atomic E-state index is -3.25. The molecule has 0 saturated carbocycles. The molecule has 1 aromatic rings. The summed E-state index contributed by atoms with van der Waals surface area (Å²) in [6.07, 6.45) is 0.404. The van der Waals surface area contributed by atoms with Crippen molar-refractivity contribution >= 4 is 9.84 Å². The first-order valence-electron chi connectivity index (χ1n) is 5.62. The van der Waals surface area contributed by atoms with Gasteiger partial charge in [0, 0.05) is 6.04 Å². The van der Waals surface area contributed by atoms with Crippen LogP contribution in [0, 0.1) is 5.82 Å². The van der Waals surface area contributed by atoms with Crippen LogP contribution in [0.4, 0.5) is 4.39 Å². The molecule has 0 radical (unpaired) electrons. The van der Waals surface area contributed by atoms with Crippen molar-refractivity contribution < 1.29 is 17.5 Å². The maximum atomic E-state index is 13.4. The van der Waals surface area contributed by atoms with Crippen LogP contribution in [0.1, 0.15) is 18.9 Å². The Morgan fingerprint density at radius 2 is 2.11 bits per heavy atom. The van der Waals surface area contributed by atoms with Crippen LogP contribution in [0.25, 0.3) is 0 Å². The Hall–Kier alpha value is -1.14. The molecule has 0 bridgehead atoms. The van der Waals surface area contributed by atoms with Gasteiger partial charge in [0.05, 0.1) is 18.6 Å². The fourth-order valence-corrected chi connectivity index (χ4v) is 3.05. The van der Waals surface area contributed by atoms with Gasteiger partial charge in [-0.1, -0.05) is 6.07 Å². The molecular weight excluding hydrogens is 257 g/mol. The van der Waals surface area contributed by atoms with Gasteiger partial charge in [-0.25, -0.2) is 12.8 Å². The lowest BCUT2D eigenvalue weighted by Gasteiger charge is -2.08. The van der Waals surface area contributed by atoms with Crippen LogP contribution in [0.2, 0.25) is 0 Å². The molecule has 0 fully saturated rings. The molecule has 0 amide bonds. The average molecular weight is 275 g/mol. The highest BCUT2D eigenvalue weighted by Gasteiger charge is 2.14. The molecule has 1 aromatic carbocycles. The van der Waals surface area contributed by atoms with Crippen molar-refractivity contribution in [1.82, 2.24) is 0 Å². The normalized spacial score (nSPS) is 13.3. The maximum absolute atomic E-state index is 13.4. The average Bonchev–Trinajstić information content (AvgIpc) is 2.26. The molecule has 102 valence electrons. The number of hydrogen-bond donors (Lipinski definition) is 1. The van der Waals surface area contributed by atoms with Crippen molar-refractivity contribution in [3.63, 3.8) is 0 Å². The third kappa shape index (κ3) is 4.62. The molecule has 0 saturated heterocycles. The first-order chi connectivity index (χ1) is 8.34. The molecule has 0 aliphatic rings. The largest absolute Gasteiger partial charge is 0.494 e. The number of rotatable bonds is 6. The van der Waals surface area contributed by atoms with Crippen molar-refractivity contribution in [3.8, 4) is 5.75 Å². The Labute approximate surface area is 107 Å². The molecule has 0 aromatic heterocycles. The Morgan fingerprint density at radius 1 is 1.44 bits per heavy atom. The van der Waals surface area contributed by atoms with E-state index >= 15 is 0 Å². The second-order valence-corrected chi connectivity index (χ2v) is 6.51. The van der Waals surface area contributed by atoms with Gasteiger partial charge in [0.2, 0.25) is 0 Å². The molecule has 0 aliphatic carbocycles. The molecule has 1 unspecified atom stereocenters. The number of ether oxygens (including phenoxy) is 1. The van der Waals surface area contributed by atoms with Crippen LogP contribution in [0.15, 0.2) is 18.2 Å². The van der Waals surface area contributed by atoms with E-state index in [1.165, 1.54) is 19.2 Å². The maximum Gasteiger partial charge on any atom is 0.165 e. The predicted molar refractivity (Wildman–Crippen MR) is 68.7 cm³/mol. The topological polar surface area (TPSA) is 69.4 Å². The minimum Gasteiger partial charge on any atom is -0.494 e. The van der Waals surface area contributed by atoms with Crippen LogP contribution in [-0.4, -0.2) is 27.3 Å². The Balaban J connectivity index is 2.75. The van der Waals surface area contributed by atoms with Crippen LogP contribution >= 0.6 is 0 Å². The van der Waals surface area contributed by atoms with E-state index in [2.05, 4.69) is 0 Å². The highest BCUT2D eigenvalue weighted by molar-refractivity contribution is 7.90. The summed E-state index contributed by atoms with van der Waals surface area (Å²) in [6, 6.07) is 3.99. The number of sulfone groups is 1. The van der Waals surface area contributed by atoms with Gasteiger partial charge < -0.3 is 10.5 Å². The van der Waals surface area contributed by atoms with Gasteiger partial charge in [-0.3, -0.25) is 0 Å². The van der Waals surface area contributed by atoms with Gasteiger partial charge in [-0.05, 0) is 31.0 Å². The molecule has 1 atom stereocenters. The monoisotopic (exact) mass is 275 g/mol. The zero-order valence-electron chi connectivity index (χ0n) is 10.5. The summed E-state index contributed by atoms with van der Waals surface area (Å²) in [5, 5.41) is 0. The van der Waals surface area contributed by atoms with Crippen LogP contribution < -0.4 is 10.5 Å². The molecule has 4 nitrogen and oxygen atoms in total. The molecule has 18 heavy (non-hydrogen) atoms. The summed E-state index contributed by atoms with van der Waals surface area (Å²) in [6.45, 7) is 1.75. The van der Waals surface area contributed by atoms with Gasteiger partial charge in [0.15, 0.2) is 21.4 Å². The van der Waals surface area contributed by atoms with Gasteiger partial charge >= 0.3 is 0 Å². The first kappa shape index (κ1) is 14.9.